The fraction of sp³-hybridized carbons (Fsp3) is 0.727. The van der Waals surface area contributed by atoms with E-state index in [1.54, 1.807) is 5.38 Å². The van der Waals surface area contributed by atoms with Gasteiger partial charge in [-0.05, 0) is 24.4 Å². The van der Waals surface area contributed by atoms with Crippen LogP contribution in [-0.4, -0.2) is 45.7 Å². The highest BCUT2D eigenvalue weighted by molar-refractivity contribution is 7.03. The van der Waals surface area contributed by atoms with Crippen LogP contribution in [0.15, 0.2) is 5.38 Å². The molecule has 0 aromatic carbocycles. The summed E-state index contributed by atoms with van der Waals surface area (Å²) in [5.74, 6) is 0.0129. The molecule has 2 aliphatic rings. The third-order valence-electron chi connectivity index (χ3n) is 3.57. The molecule has 17 heavy (non-hydrogen) atoms. The quantitative estimate of drug-likeness (QED) is 0.757. The predicted octanol–water partition coefficient (Wildman–Crippen LogP) is 1.32. The van der Waals surface area contributed by atoms with Crippen LogP contribution in [0.5, 0.6) is 0 Å². The summed E-state index contributed by atoms with van der Waals surface area (Å²) in [6, 6.07) is 0.242. The minimum absolute atomic E-state index is 0.0129. The van der Waals surface area contributed by atoms with Crippen molar-refractivity contribution in [3.8, 4) is 0 Å². The minimum Gasteiger partial charge on any atom is -0.374 e. The fourth-order valence-corrected chi connectivity index (χ4v) is 3.18. The Bertz CT molecular complexity index is 393. The smallest absolute Gasteiger partial charge is 0.275 e. The van der Waals surface area contributed by atoms with Gasteiger partial charge in [0.25, 0.3) is 5.91 Å². The molecule has 0 radical (unpaired) electrons. The van der Waals surface area contributed by atoms with Gasteiger partial charge in [0.15, 0.2) is 5.69 Å². The van der Waals surface area contributed by atoms with Gasteiger partial charge in [-0.3, -0.25) is 4.79 Å². The van der Waals surface area contributed by atoms with Gasteiger partial charge in [-0.25, -0.2) is 0 Å². The van der Waals surface area contributed by atoms with E-state index in [2.05, 4.69) is 9.59 Å². The number of hydrogen-bond donors (Lipinski definition) is 0. The van der Waals surface area contributed by atoms with E-state index in [0.717, 1.165) is 12.8 Å². The van der Waals surface area contributed by atoms with Gasteiger partial charge in [0.2, 0.25) is 0 Å². The van der Waals surface area contributed by atoms with Crippen molar-refractivity contribution in [2.24, 2.45) is 0 Å². The summed E-state index contributed by atoms with van der Waals surface area (Å²) in [7, 11) is 0. The highest BCUT2D eigenvalue weighted by atomic mass is 32.1. The van der Waals surface area contributed by atoms with Crippen molar-refractivity contribution in [2.75, 3.05) is 13.2 Å². The molecule has 1 saturated heterocycles. The number of fused-ring (bicyclic) bond motifs is 1. The molecule has 0 N–H and O–H groups in total. The van der Waals surface area contributed by atoms with Crippen molar-refractivity contribution in [2.45, 2.75) is 37.8 Å². The molecule has 0 bridgehead atoms. The Balaban J connectivity index is 1.79. The summed E-state index contributed by atoms with van der Waals surface area (Å²) in [5.41, 5.74) is 0.473. The maximum absolute atomic E-state index is 12.3. The van der Waals surface area contributed by atoms with Crippen LogP contribution in [-0.2, 0) is 4.74 Å². The SMILES string of the molecule is O=C(c1csnn1)N1CCOC2CCCCC21. The zero-order valence-corrected chi connectivity index (χ0v) is 10.4. The average Bonchev–Trinajstić information content (AvgIpc) is 2.91. The highest BCUT2D eigenvalue weighted by Gasteiger charge is 2.37. The van der Waals surface area contributed by atoms with Crippen LogP contribution in [0.4, 0.5) is 0 Å². The summed E-state index contributed by atoms with van der Waals surface area (Å²) < 4.78 is 9.51. The molecule has 1 aliphatic carbocycles. The molecule has 1 aliphatic heterocycles. The number of rotatable bonds is 1. The number of carbonyl (C=O) groups is 1. The second-order valence-electron chi connectivity index (χ2n) is 4.55. The van der Waals surface area contributed by atoms with Crippen LogP contribution < -0.4 is 0 Å². The molecule has 0 spiro atoms. The van der Waals surface area contributed by atoms with Gasteiger partial charge in [0.1, 0.15) is 0 Å². The summed E-state index contributed by atoms with van der Waals surface area (Å²) in [6.07, 6.45) is 4.75. The lowest BCUT2D eigenvalue weighted by atomic mass is 9.90. The standard InChI is InChI=1S/C11H15N3O2S/c15-11(8-7-17-13-12-8)14-5-6-16-10-4-2-1-3-9(10)14/h7,9-10H,1-6H2. The Morgan fingerprint density at radius 3 is 3.18 bits per heavy atom. The molecule has 92 valence electrons. The molecule has 2 fully saturated rings. The van der Waals surface area contributed by atoms with Gasteiger partial charge in [-0.1, -0.05) is 17.3 Å². The molecular weight excluding hydrogens is 238 g/mol. The Morgan fingerprint density at radius 1 is 1.47 bits per heavy atom. The number of morpholine rings is 1. The number of amides is 1. The number of aromatic nitrogens is 2. The van der Waals surface area contributed by atoms with E-state index in [9.17, 15) is 4.79 Å². The van der Waals surface area contributed by atoms with E-state index in [1.807, 2.05) is 4.90 Å². The molecular formula is C11H15N3O2S. The molecule has 2 atom stereocenters. The van der Waals surface area contributed by atoms with E-state index in [1.165, 1.54) is 24.4 Å². The maximum atomic E-state index is 12.3. The molecule has 5 nitrogen and oxygen atoms in total. The number of nitrogens with zero attached hydrogens (tertiary/aromatic N) is 3. The first-order chi connectivity index (χ1) is 8.36. The lowest BCUT2D eigenvalue weighted by Crippen LogP contribution is -2.54. The minimum atomic E-state index is 0.0129. The lowest BCUT2D eigenvalue weighted by Gasteiger charge is -2.43. The molecule has 1 aromatic rings. The maximum Gasteiger partial charge on any atom is 0.275 e. The average molecular weight is 253 g/mol. The van der Waals surface area contributed by atoms with Crippen molar-refractivity contribution in [1.29, 1.82) is 0 Å². The molecule has 1 saturated carbocycles. The normalized spacial score (nSPS) is 28.8. The van der Waals surface area contributed by atoms with Gasteiger partial charge < -0.3 is 9.64 Å². The first-order valence-electron chi connectivity index (χ1n) is 6.06. The predicted molar refractivity (Wildman–Crippen MR) is 62.9 cm³/mol. The van der Waals surface area contributed by atoms with Crippen LogP contribution >= 0.6 is 11.5 Å². The van der Waals surface area contributed by atoms with E-state index in [-0.39, 0.29) is 18.1 Å². The highest BCUT2D eigenvalue weighted by Crippen LogP contribution is 2.29. The number of ether oxygens (including phenoxy) is 1. The Hall–Kier alpha value is -1.01. The number of hydrogen-bond acceptors (Lipinski definition) is 5. The van der Waals surface area contributed by atoms with Crippen molar-refractivity contribution in [3.63, 3.8) is 0 Å². The zero-order chi connectivity index (χ0) is 11.7. The molecule has 1 aromatic heterocycles. The van der Waals surface area contributed by atoms with Crippen molar-refractivity contribution < 1.29 is 9.53 Å². The largest absolute Gasteiger partial charge is 0.374 e. The summed E-state index contributed by atoms with van der Waals surface area (Å²) in [4.78, 5) is 14.2. The van der Waals surface area contributed by atoms with E-state index in [4.69, 9.17) is 4.74 Å². The topological polar surface area (TPSA) is 55.3 Å². The third kappa shape index (κ3) is 2.07. The van der Waals surface area contributed by atoms with Gasteiger partial charge in [-0.15, -0.1) is 5.10 Å². The molecule has 3 rings (SSSR count). The van der Waals surface area contributed by atoms with Gasteiger partial charge in [0.05, 0.1) is 18.8 Å². The van der Waals surface area contributed by atoms with Crippen LogP contribution in [0.2, 0.25) is 0 Å². The fourth-order valence-electron chi connectivity index (χ4n) is 2.75. The first kappa shape index (κ1) is 11.1. The van der Waals surface area contributed by atoms with Crippen LogP contribution in [0.3, 0.4) is 0 Å². The van der Waals surface area contributed by atoms with Crippen molar-refractivity contribution >= 4 is 17.4 Å². The van der Waals surface area contributed by atoms with Crippen molar-refractivity contribution in [3.05, 3.63) is 11.1 Å². The molecule has 2 unspecified atom stereocenters. The van der Waals surface area contributed by atoms with E-state index >= 15 is 0 Å². The summed E-state index contributed by atoms with van der Waals surface area (Å²) >= 11 is 1.22. The monoisotopic (exact) mass is 253 g/mol. The Labute approximate surface area is 104 Å². The number of carbonyl (C=O) groups excluding carboxylic acids is 1. The van der Waals surface area contributed by atoms with Gasteiger partial charge in [-0.2, -0.15) is 0 Å². The van der Waals surface area contributed by atoms with E-state index in [0.29, 0.717) is 18.8 Å². The molecule has 1 amide bonds. The van der Waals surface area contributed by atoms with Gasteiger partial charge >= 0.3 is 0 Å². The van der Waals surface area contributed by atoms with E-state index < -0.39 is 0 Å². The summed E-state index contributed by atoms with van der Waals surface area (Å²) in [5, 5.41) is 5.58. The van der Waals surface area contributed by atoms with Crippen molar-refractivity contribution in [1.82, 2.24) is 14.5 Å². The van der Waals surface area contributed by atoms with Crippen LogP contribution in [0.25, 0.3) is 0 Å². The van der Waals surface area contributed by atoms with Crippen LogP contribution in [0, 0.1) is 0 Å². The first-order valence-corrected chi connectivity index (χ1v) is 6.89. The van der Waals surface area contributed by atoms with Crippen LogP contribution in [0.1, 0.15) is 36.2 Å². The Kier molecular flexibility index (Phi) is 3.07. The summed E-state index contributed by atoms with van der Waals surface area (Å²) in [6.45, 7) is 1.32. The third-order valence-corrected chi connectivity index (χ3v) is 4.08. The Morgan fingerprint density at radius 2 is 2.35 bits per heavy atom. The zero-order valence-electron chi connectivity index (χ0n) is 9.54. The second kappa shape index (κ2) is 4.70. The second-order valence-corrected chi connectivity index (χ2v) is 5.16. The molecule has 6 heteroatoms. The van der Waals surface area contributed by atoms with Gasteiger partial charge in [0, 0.05) is 11.9 Å². The lowest BCUT2D eigenvalue weighted by molar-refractivity contribution is -0.0754. The molecule has 2 heterocycles.